The maximum absolute atomic E-state index is 11.7. The molecular weight excluding hydrogens is 230 g/mol. The van der Waals surface area contributed by atoms with Crippen LogP contribution in [0.4, 0.5) is 5.82 Å². The first-order valence-corrected chi connectivity index (χ1v) is 6.61. The van der Waals surface area contributed by atoms with Crippen molar-refractivity contribution in [2.24, 2.45) is 0 Å². The number of H-pyrrole nitrogens is 1. The van der Waals surface area contributed by atoms with Crippen molar-refractivity contribution in [2.45, 2.75) is 39.5 Å². The van der Waals surface area contributed by atoms with Gasteiger partial charge in [0.25, 0.3) is 5.56 Å². The SMILES string of the molecule is CCCCN(CCCC)c1nc[nH]c(=O)c1OC. The second-order valence-electron chi connectivity index (χ2n) is 4.28. The second kappa shape index (κ2) is 7.74. The van der Waals surface area contributed by atoms with Crippen molar-refractivity contribution in [3.8, 4) is 5.75 Å². The van der Waals surface area contributed by atoms with Gasteiger partial charge in [-0.2, -0.15) is 0 Å². The Bertz CT molecular complexity index is 395. The molecule has 1 aromatic heterocycles. The molecular formula is C13H23N3O2. The molecule has 0 aromatic carbocycles. The number of nitrogens with zero attached hydrogens (tertiary/aromatic N) is 2. The molecule has 0 atom stereocenters. The maximum atomic E-state index is 11.7. The Morgan fingerprint density at radius 1 is 1.28 bits per heavy atom. The molecule has 0 amide bonds. The lowest BCUT2D eigenvalue weighted by Gasteiger charge is -2.24. The molecule has 102 valence electrons. The third-order valence-corrected chi connectivity index (χ3v) is 2.86. The van der Waals surface area contributed by atoms with Crippen LogP contribution in [0.2, 0.25) is 0 Å². The molecule has 0 radical (unpaired) electrons. The lowest BCUT2D eigenvalue weighted by atomic mass is 10.2. The Labute approximate surface area is 108 Å². The van der Waals surface area contributed by atoms with Gasteiger partial charge in [-0.1, -0.05) is 26.7 Å². The maximum Gasteiger partial charge on any atom is 0.295 e. The first-order valence-electron chi connectivity index (χ1n) is 6.61. The van der Waals surface area contributed by atoms with Crippen LogP contribution in [-0.4, -0.2) is 30.2 Å². The molecule has 1 rings (SSSR count). The van der Waals surface area contributed by atoms with Crippen molar-refractivity contribution >= 4 is 5.82 Å². The van der Waals surface area contributed by atoms with Crippen molar-refractivity contribution in [1.82, 2.24) is 9.97 Å². The van der Waals surface area contributed by atoms with Gasteiger partial charge >= 0.3 is 0 Å². The van der Waals surface area contributed by atoms with E-state index < -0.39 is 0 Å². The lowest BCUT2D eigenvalue weighted by Crippen LogP contribution is -2.29. The number of hydrogen-bond acceptors (Lipinski definition) is 4. The molecule has 0 unspecified atom stereocenters. The van der Waals surface area contributed by atoms with Gasteiger partial charge in [0.15, 0.2) is 5.82 Å². The first-order chi connectivity index (χ1) is 8.74. The van der Waals surface area contributed by atoms with Gasteiger partial charge in [-0.05, 0) is 12.8 Å². The van der Waals surface area contributed by atoms with Gasteiger partial charge in [-0.3, -0.25) is 4.79 Å². The van der Waals surface area contributed by atoms with Crippen molar-refractivity contribution < 1.29 is 4.74 Å². The molecule has 1 aromatic rings. The van der Waals surface area contributed by atoms with Crippen molar-refractivity contribution in [2.75, 3.05) is 25.1 Å². The summed E-state index contributed by atoms with van der Waals surface area (Å²) in [4.78, 5) is 20.6. The number of rotatable bonds is 8. The topological polar surface area (TPSA) is 58.2 Å². The minimum Gasteiger partial charge on any atom is -0.489 e. The van der Waals surface area contributed by atoms with Gasteiger partial charge in [0.2, 0.25) is 5.75 Å². The van der Waals surface area contributed by atoms with Gasteiger partial charge in [-0.15, -0.1) is 0 Å². The monoisotopic (exact) mass is 253 g/mol. The van der Waals surface area contributed by atoms with E-state index in [9.17, 15) is 4.79 Å². The minimum absolute atomic E-state index is 0.222. The van der Waals surface area contributed by atoms with Crippen LogP contribution in [0.25, 0.3) is 0 Å². The summed E-state index contributed by atoms with van der Waals surface area (Å²) in [6.45, 7) is 6.12. The smallest absolute Gasteiger partial charge is 0.295 e. The van der Waals surface area contributed by atoms with Crippen LogP contribution in [0.5, 0.6) is 5.75 Å². The van der Waals surface area contributed by atoms with Crippen LogP contribution in [-0.2, 0) is 0 Å². The van der Waals surface area contributed by atoms with Gasteiger partial charge in [0, 0.05) is 13.1 Å². The number of methoxy groups -OCH3 is 1. The van der Waals surface area contributed by atoms with E-state index in [0.29, 0.717) is 11.6 Å². The molecule has 0 aliphatic rings. The summed E-state index contributed by atoms with van der Waals surface area (Å²) in [6, 6.07) is 0. The number of ether oxygens (including phenoxy) is 1. The summed E-state index contributed by atoms with van der Waals surface area (Å²) in [5.74, 6) is 0.966. The summed E-state index contributed by atoms with van der Waals surface area (Å²) in [5, 5.41) is 0. The number of anilines is 1. The molecule has 0 aliphatic carbocycles. The van der Waals surface area contributed by atoms with Crippen molar-refractivity contribution in [3.05, 3.63) is 16.7 Å². The Balaban J connectivity index is 2.95. The van der Waals surface area contributed by atoms with Gasteiger partial charge in [-0.25, -0.2) is 4.98 Å². The van der Waals surface area contributed by atoms with E-state index in [-0.39, 0.29) is 5.56 Å². The van der Waals surface area contributed by atoms with Gasteiger partial charge in [0.05, 0.1) is 13.4 Å². The Kier molecular flexibility index (Phi) is 6.25. The zero-order chi connectivity index (χ0) is 13.4. The third kappa shape index (κ3) is 3.75. The molecule has 0 saturated carbocycles. The predicted octanol–water partition coefficient (Wildman–Crippen LogP) is 2.19. The standard InChI is InChI=1S/C13H23N3O2/c1-4-6-8-16(9-7-5-2)12-11(18-3)13(17)15-10-14-12/h10H,4-9H2,1-3H3,(H,14,15,17). The third-order valence-electron chi connectivity index (χ3n) is 2.86. The average molecular weight is 253 g/mol. The summed E-state index contributed by atoms with van der Waals surface area (Å²) >= 11 is 0. The van der Waals surface area contributed by atoms with E-state index in [4.69, 9.17) is 4.74 Å². The first kappa shape index (κ1) is 14.5. The fourth-order valence-corrected chi connectivity index (χ4v) is 1.81. The highest BCUT2D eigenvalue weighted by Crippen LogP contribution is 2.21. The molecule has 0 spiro atoms. The fraction of sp³-hybridized carbons (Fsp3) is 0.692. The second-order valence-corrected chi connectivity index (χ2v) is 4.28. The Hall–Kier alpha value is -1.52. The van der Waals surface area contributed by atoms with E-state index >= 15 is 0 Å². The Morgan fingerprint density at radius 2 is 1.89 bits per heavy atom. The highest BCUT2D eigenvalue weighted by molar-refractivity contribution is 5.50. The number of nitrogens with one attached hydrogen (secondary N) is 1. The number of aromatic amines is 1. The van der Waals surface area contributed by atoms with Crippen molar-refractivity contribution in [3.63, 3.8) is 0 Å². The summed E-state index contributed by atoms with van der Waals surface area (Å²) in [5.41, 5.74) is -0.222. The zero-order valence-corrected chi connectivity index (χ0v) is 11.5. The normalized spacial score (nSPS) is 10.4. The summed E-state index contributed by atoms with van der Waals surface area (Å²) in [6.07, 6.45) is 5.84. The number of hydrogen-bond donors (Lipinski definition) is 1. The van der Waals surface area contributed by atoms with E-state index in [1.54, 1.807) is 0 Å². The number of unbranched alkanes of at least 4 members (excludes halogenated alkanes) is 2. The van der Waals surface area contributed by atoms with Crippen LogP contribution in [0.1, 0.15) is 39.5 Å². The lowest BCUT2D eigenvalue weighted by molar-refractivity contribution is 0.405. The minimum atomic E-state index is -0.222. The molecule has 0 saturated heterocycles. The average Bonchev–Trinajstić information content (AvgIpc) is 2.39. The molecule has 1 N–H and O–H groups in total. The van der Waals surface area contributed by atoms with Crippen LogP contribution in [0, 0.1) is 0 Å². The molecule has 0 bridgehead atoms. The van der Waals surface area contributed by atoms with Crippen molar-refractivity contribution in [1.29, 1.82) is 0 Å². The van der Waals surface area contributed by atoms with E-state index in [0.717, 1.165) is 38.8 Å². The largest absolute Gasteiger partial charge is 0.489 e. The van der Waals surface area contributed by atoms with E-state index in [2.05, 4.69) is 28.7 Å². The molecule has 0 aliphatic heterocycles. The zero-order valence-electron chi connectivity index (χ0n) is 11.5. The van der Waals surface area contributed by atoms with E-state index in [1.165, 1.54) is 13.4 Å². The highest BCUT2D eigenvalue weighted by atomic mass is 16.5. The summed E-state index contributed by atoms with van der Waals surface area (Å²) in [7, 11) is 1.51. The van der Waals surface area contributed by atoms with Gasteiger partial charge in [0.1, 0.15) is 0 Å². The number of aromatic nitrogens is 2. The summed E-state index contributed by atoms with van der Waals surface area (Å²) < 4.78 is 5.17. The molecule has 5 nitrogen and oxygen atoms in total. The molecule has 1 heterocycles. The highest BCUT2D eigenvalue weighted by Gasteiger charge is 2.15. The molecule has 18 heavy (non-hydrogen) atoms. The quantitative estimate of drug-likeness (QED) is 0.771. The molecule has 5 heteroatoms. The van der Waals surface area contributed by atoms with Crippen LogP contribution in [0.15, 0.2) is 11.1 Å². The predicted molar refractivity (Wildman–Crippen MR) is 73.4 cm³/mol. The van der Waals surface area contributed by atoms with Gasteiger partial charge < -0.3 is 14.6 Å². The van der Waals surface area contributed by atoms with Crippen LogP contribution in [0.3, 0.4) is 0 Å². The van der Waals surface area contributed by atoms with Crippen LogP contribution >= 0.6 is 0 Å². The van der Waals surface area contributed by atoms with E-state index in [1.807, 2.05) is 0 Å². The Morgan fingerprint density at radius 3 is 2.39 bits per heavy atom. The van der Waals surface area contributed by atoms with Crippen LogP contribution < -0.4 is 15.2 Å². The fourth-order valence-electron chi connectivity index (χ4n) is 1.81. The molecule has 0 fully saturated rings.